The standard InChI is InChI=1S/C15H23N3.HI/c1-3-16-15(17-4-2)18-11-13-10-14(13)12-8-6-5-7-9-12;/h5-9,13-14H,3-4,10-11H2,1-2H3,(H2,16,17,18);1H. The van der Waals surface area contributed by atoms with E-state index in [1.54, 1.807) is 0 Å². The lowest BCUT2D eigenvalue weighted by Gasteiger charge is -2.08. The van der Waals surface area contributed by atoms with Crippen molar-refractivity contribution in [3.8, 4) is 0 Å². The highest BCUT2D eigenvalue weighted by atomic mass is 127. The maximum atomic E-state index is 4.64. The minimum atomic E-state index is 0. The van der Waals surface area contributed by atoms with E-state index >= 15 is 0 Å². The number of aliphatic imine (C=N–C) groups is 1. The van der Waals surface area contributed by atoms with Crippen molar-refractivity contribution < 1.29 is 0 Å². The van der Waals surface area contributed by atoms with Gasteiger partial charge in [0.2, 0.25) is 0 Å². The third kappa shape index (κ3) is 5.01. The molecule has 0 saturated heterocycles. The molecule has 2 atom stereocenters. The van der Waals surface area contributed by atoms with Crippen LogP contribution in [0.25, 0.3) is 0 Å². The second-order valence-electron chi connectivity index (χ2n) is 4.76. The van der Waals surface area contributed by atoms with Gasteiger partial charge in [0.1, 0.15) is 0 Å². The van der Waals surface area contributed by atoms with Crippen LogP contribution in [0, 0.1) is 5.92 Å². The van der Waals surface area contributed by atoms with Crippen LogP contribution in [-0.4, -0.2) is 25.6 Å². The Morgan fingerprint density at radius 3 is 2.37 bits per heavy atom. The van der Waals surface area contributed by atoms with Crippen molar-refractivity contribution in [2.45, 2.75) is 26.2 Å². The number of nitrogens with zero attached hydrogens (tertiary/aromatic N) is 1. The summed E-state index contributed by atoms with van der Waals surface area (Å²) in [5, 5.41) is 6.52. The van der Waals surface area contributed by atoms with Crippen molar-refractivity contribution in [1.82, 2.24) is 10.6 Å². The van der Waals surface area contributed by atoms with Gasteiger partial charge in [-0.25, -0.2) is 0 Å². The number of guanidine groups is 1. The van der Waals surface area contributed by atoms with E-state index in [0.29, 0.717) is 0 Å². The molecule has 1 saturated carbocycles. The Morgan fingerprint density at radius 1 is 1.16 bits per heavy atom. The summed E-state index contributed by atoms with van der Waals surface area (Å²) in [6, 6.07) is 10.8. The second kappa shape index (κ2) is 8.40. The fourth-order valence-electron chi connectivity index (χ4n) is 2.28. The van der Waals surface area contributed by atoms with E-state index in [4.69, 9.17) is 0 Å². The molecule has 1 aromatic rings. The minimum absolute atomic E-state index is 0. The summed E-state index contributed by atoms with van der Waals surface area (Å²) in [6.45, 7) is 6.94. The zero-order valence-electron chi connectivity index (χ0n) is 11.7. The summed E-state index contributed by atoms with van der Waals surface area (Å²) in [5.74, 6) is 2.39. The maximum Gasteiger partial charge on any atom is 0.191 e. The molecular formula is C15H24IN3. The summed E-state index contributed by atoms with van der Waals surface area (Å²) in [7, 11) is 0. The van der Waals surface area contributed by atoms with Crippen molar-refractivity contribution in [2.24, 2.45) is 10.9 Å². The Balaban J connectivity index is 0.00000180. The van der Waals surface area contributed by atoms with Crippen LogP contribution in [0.1, 0.15) is 31.7 Å². The fourth-order valence-corrected chi connectivity index (χ4v) is 2.28. The summed E-state index contributed by atoms with van der Waals surface area (Å²) < 4.78 is 0. The first-order chi connectivity index (χ1) is 8.85. The molecule has 0 amide bonds. The highest BCUT2D eigenvalue weighted by Gasteiger charge is 2.37. The van der Waals surface area contributed by atoms with Gasteiger partial charge in [-0.2, -0.15) is 0 Å². The topological polar surface area (TPSA) is 36.4 Å². The lowest BCUT2D eigenvalue weighted by Crippen LogP contribution is -2.37. The fraction of sp³-hybridized carbons (Fsp3) is 0.533. The second-order valence-corrected chi connectivity index (χ2v) is 4.76. The lowest BCUT2D eigenvalue weighted by atomic mass is 10.1. The Bertz CT molecular complexity index is 384. The maximum absolute atomic E-state index is 4.64. The first-order valence-corrected chi connectivity index (χ1v) is 6.92. The number of hydrogen-bond donors (Lipinski definition) is 2. The molecule has 1 fully saturated rings. The van der Waals surface area contributed by atoms with Gasteiger partial charge in [0.25, 0.3) is 0 Å². The number of rotatable bonds is 5. The third-order valence-corrected chi connectivity index (χ3v) is 3.32. The van der Waals surface area contributed by atoms with Crippen molar-refractivity contribution in [1.29, 1.82) is 0 Å². The molecule has 3 nitrogen and oxygen atoms in total. The van der Waals surface area contributed by atoms with Crippen LogP contribution < -0.4 is 10.6 Å². The van der Waals surface area contributed by atoms with E-state index in [-0.39, 0.29) is 24.0 Å². The smallest absolute Gasteiger partial charge is 0.191 e. The Labute approximate surface area is 133 Å². The summed E-state index contributed by atoms with van der Waals surface area (Å²) in [5.41, 5.74) is 1.46. The molecule has 4 heteroatoms. The van der Waals surface area contributed by atoms with Gasteiger partial charge >= 0.3 is 0 Å². The molecule has 2 rings (SSSR count). The van der Waals surface area contributed by atoms with Crippen molar-refractivity contribution in [2.75, 3.05) is 19.6 Å². The van der Waals surface area contributed by atoms with E-state index in [2.05, 4.69) is 59.8 Å². The first-order valence-electron chi connectivity index (χ1n) is 6.92. The molecule has 0 aliphatic heterocycles. The van der Waals surface area contributed by atoms with Gasteiger partial charge in [0.15, 0.2) is 5.96 Å². The van der Waals surface area contributed by atoms with Gasteiger partial charge in [0, 0.05) is 19.6 Å². The average Bonchev–Trinajstić information content (AvgIpc) is 3.17. The molecule has 2 N–H and O–H groups in total. The molecule has 0 heterocycles. The summed E-state index contributed by atoms with van der Waals surface area (Å²) in [4.78, 5) is 4.64. The number of nitrogens with one attached hydrogen (secondary N) is 2. The zero-order valence-corrected chi connectivity index (χ0v) is 14.1. The Kier molecular flexibility index (Phi) is 7.20. The van der Waals surface area contributed by atoms with Gasteiger partial charge in [-0.15, -0.1) is 24.0 Å². The molecule has 0 aromatic heterocycles. The molecular weight excluding hydrogens is 349 g/mol. The van der Waals surface area contributed by atoms with Crippen LogP contribution in [0.2, 0.25) is 0 Å². The van der Waals surface area contributed by atoms with Gasteiger partial charge in [-0.1, -0.05) is 30.3 Å². The predicted octanol–water partition coefficient (Wildman–Crippen LogP) is 2.98. The summed E-state index contributed by atoms with van der Waals surface area (Å²) in [6.07, 6.45) is 1.28. The molecule has 0 bridgehead atoms. The van der Waals surface area contributed by atoms with Crippen LogP contribution >= 0.6 is 24.0 Å². The molecule has 0 radical (unpaired) electrons. The third-order valence-electron chi connectivity index (χ3n) is 3.32. The highest BCUT2D eigenvalue weighted by molar-refractivity contribution is 14.0. The van der Waals surface area contributed by atoms with Crippen LogP contribution in [-0.2, 0) is 0 Å². The van der Waals surface area contributed by atoms with Gasteiger partial charge < -0.3 is 10.6 Å². The molecule has 1 aromatic carbocycles. The number of halogens is 1. The SMILES string of the molecule is CCNC(=NCC1CC1c1ccccc1)NCC.I. The monoisotopic (exact) mass is 373 g/mol. The Morgan fingerprint density at radius 2 is 1.79 bits per heavy atom. The molecule has 1 aliphatic carbocycles. The lowest BCUT2D eigenvalue weighted by molar-refractivity contribution is 0.778. The average molecular weight is 373 g/mol. The van der Waals surface area contributed by atoms with E-state index < -0.39 is 0 Å². The Hall–Kier alpha value is -0.780. The van der Waals surface area contributed by atoms with Crippen LogP contribution in [0.15, 0.2) is 35.3 Å². The van der Waals surface area contributed by atoms with Gasteiger partial charge in [0.05, 0.1) is 0 Å². The van der Waals surface area contributed by atoms with Crippen LogP contribution in [0.5, 0.6) is 0 Å². The quantitative estimate of drug-likeness (QED) is 0.473. The summed E-state index contributed by atoms with van der Waals surface area (Å²) >= 11 is 0. The predicted molar refractivity (Wildman–Crippen MR) is 92.4 cm³/mol. The zero-order chi connectivity index (χ0) is 12.8. The van der Waals surface area contributed by atoms with Crippen molar-refractivity contribution >= 4 is 29.9 Å². The molecule has 2 unspecified atom stereocenters. The van der Waals surface area contributed by atoms with Crippen molar-refractivity contribution in [3.05, 3.63) is 35.9 Å². The van der Waals surface area contributed by atoms with Crippen LogP contribution in [0.4, 0.5) is 0 Å². The van der Waals surface area contributed by atoms with E-state index in [9.17, 15) is 0 Å². The van der Waals surface area contributed by atoms with Gasteiger partial charge in [-0.3, -0.25) is 4.99 Å². The van der Waals surface area contributed by atoms with E-state index in [0.717, 1.165) is 37.4 Å². The van der Waals surface area contributed by atoms with Crippen LogP contribution in [0.3, 0.4) is 0 Å². The number of hydrogen-bond acceptors (Lipinski definition) is 1. The molecule has 0 spiro atoms. The molecule has 106 valence electrons. The first kappa shape index (κ1) is 16.3. The van der Waals surface area contributed by atoms with Crippen molar-refractivity contribution in [3.63, 3.8) is 0 Å². The van der Waals surface area contributed by atoms with Gasteiger partial charge in [-0.05, 0) is 37.7 Å². The number of benzene rings is 1. The normalized spacial score (nSPS) is 20.1. The van der Waals surface area contributed by atoms with E-state index in [1.165, 1.54) is 12.0 Å². The molecule has 1 aliphatic rings. The largest absolute Gasteiger partial charge is 0.357 e. The van der Waals surface area contributed by atoms with E-state index in [1.807, 2.05) is 0 Å². The molecule has 19 heavy (non-hydrogen) atoms. The highest BCUT2D eigenvalue weighted by Crippen LogP contribution is 2.47. The minimum Gasteiger partial charge on any atom is -0.357 e.